The second-order valence-electron chi connectivity index (χ2n) is 12.2. The van der Waals surface area contributed by atoms with E-state index < -0.39 is 35.2 Å². The molecule has 6 rings (SSSR count). The maximum atomic E-state index is 16.2. The van der Waals surface area contributed by atoms with Crippen molar-refractivity contribution in [3.63, 3.8) is 0 Å². The van der Waals surface area contributed by atoms with E-state index in [-0.39, 0.29) is 29.7 Å². The lowest BCUT2D eigenvalue weighted by atomic mass is 9.66. The van der Waals surface area contributed by atoms with Crippen molar-refractivity contribution in [1.29, 1.82) is 0 Å². The zero-order chi connectivity index (χ0) is 31.4. The first-order valence-electron chi connectivity index (χ1n) is 14.4. The SMILES string of the molecule is CC1(C)CN(Cc2ccc(-c3ccn(C(F)F)n3)c(Cl)c2)CC[C@]1(O)c1ccc2ncc([C@H]3CCC(=O)NC3=O)cc2c1F. The number of likely N-dealkylation sites (tertiary alicyclic amines) is 1. The maximum absolute atomic E-state index is 16.2. The molecule has 2 fully saturated rings. The summed E-state index contributed by atoms with van der Waals surface area (Å²) in [4.78, 5) is 30.6. The average Bonchev–Trinajstić information content (AvgIpc) is 3.46. The highest BCUT2D eigenvalue weighted by Crippen LogP contribution is 2.48. The van der Waals surface area contributed by atoms with Crippen LogP contribution in [0.4, 0.5) is 13.2 Å². The van der Waals surface area contributed by atoms with Crippen molar-refractivity contribution in [2.24, 2.45) is 5.41 Å². The number of nitrogens with zero attached hydrogens (tertiary/aromatic N) is 4. The van der Waals surface area contributed by atoms with Crippen LogP contribution in [0.15, 0.2) is 54.9 Å². The van der Waals surface area contributed by atoms with Gasteiger partial charge < -0.3 is 5.11 Å². The number of hydrogen-bond acceptors (Lipinski definition) is 6. The summed E-state index contributed by atoms with van der Waals surface area (Å²) < 4.78 is 42.7. The highest BCUT2D eigenvalue weighted by molar-refractivity contribution is 6.33. The van der Waals surface area contributed by atoms with Crippen LogP contribution >= 0.6 is 11.6 Å². The summed E-state index contributed by atoms with van der Waals surface area (Å²) in [6, 6.07) is 11.7. The number of carbonyl (C=O) groups is 2. The number of rotatable bonds is 6. The molecule has 0 spiro atoms. The number of pyridine rings is 1. The number of piperidine rings is 2. The van der Waals surface area contributed by atoms with Gasteiger partial charge in [-0.05, 0) is 48.2 Å². The number of hydrogen-bond donors (Lipinski definition) is 2. The molecule has 230 valence electrons. The van der Waals surface area contributed by atoms with Crippen molar-refractivity contribution in [3.05, 3.63) is 82.4 Å². The lowest BCUT2D eigenvalue weighted by Gasteiger charge is -2.50. The summed E-state index contributed by atoms with van der Waals surface area (Å²) >= 11 is 6.51. The van der Waals surface area contributed by atoms with Crippen LogP contribution in [0.3, 0.4) is 0 Å². The number of halogens is 4. The fourth-order valence-corrected chi connectivity index (χ4v) is 6.78. The van der Waals surface area contributed by atoms with Gasteiger partial charge in [-0.25, -0.2) is 9.07 Å². The second-order valence-corrected chi connectivity index (χ2v) is 12.7. The third-order valence-corrected chi connectivity index (χ3v) is 9.27. The third kappa shape index (κ3) is 5.37. The molecule has 0 radical (unpaired) electrons. The summed E-state index contributed by atoms with van der Waals surface area (Å²) in [6.07, 6.45) is 3.52. The van der Waals surface area contributed by atoms with E-state index in [0.717, 1.165) is 5.56 Å². The molecule has 12 heteroatoms. The van der Waals surface area contributed by atoms with Gasteiger partial charge in [0.2, 0.25) is 11.8 Å². The summed E-state index contributed by atoms with van der Waals surface area (Å²) in [6.45, 7) is 2.51. The van der Waals surface area contributed by atoms with Crippen LogP contribution in [-0.4, -0.2) is 49.7 Å². The predicted octanol–water partition coefficient (Wildman–Crippen LogP) is 5.93. The Balaban J connectivity index is 1.22. The Kier molecular flexibility index (Phi) is 7.75. The molecular formula is C32H31ClF3N5O3. The van der Waals surface area contributed by atoms with Crippen molar-refractivity contribution in [1.82, 2.24) is 25.0 Å². The largest absolute Gasteiger partial charge is 0.384 e. The fourth-order valence-electron chi connectivity index (χ4n) is 6.48. The highest BCUT2D eigenvalue weighted by atomic mass is 35.5. The summed E-state index contributed by atoms with van der Waals surface area (Å²) in [5.74, 6) is -1.94. The Hall–Kier alpha value is -3.80. The van der Waals surface area contributed by atoms with E-state index in [1.165, 1.54) is 18.5 Å². The average molecular weight is 626 g/mol. The molecule has 2 aliphatic heterocycles. The first-order valence-corrected chi connectivity index (χ1v) is 14.7. The topological polar surface area (TPSA) is 100 Å². The monoisotopic (exact) mass is 625 g/mol. The van der Waals surface area contributed by atoms with Gasteiger partial charge in [0, 0.05) is 60.4 Å². The van der Waals surface area contributed by atoms with Crippen LogP contribution < -0.4 is 5.32 Å². The molecule has 4 aromatic rings. The van der Waals surface area contributed by atoms with E-state index in [9.17, 15) is 23.5 Å². The molecule has 4 heterocycles. The van der Waals surface area contributed by atoms with Crippen LogP contribution in [0.25, 0.3) is 22.2 Å². The number of imide groups is 1. The standard InChI is InChI=1S/C32H31ClF3N5O3/c1-31(2)17-40(16-18-3-4-21(24(33)13-18)26-9-11-41(39-26)30(35)36)12-10-32(31,44)23-6-7-25-22(28(23)34)14-19(15-37-25)20-5-8-27(42)38-29(20)43/h3-4,6-7,9,11,13-15,20,30,44H,5,8,10,12,16-17H2,1-2H3,(H,38,42,43)/t20-,32+/m1/s1. The maximum Gasteiger partial charge on any atom is 0.333 e. The molecule has 2 saturated heterocycles. The molecule has 0 unspecified atom stereocenters. The molecule has 0 aliphatic carbocycles. The van der Waals surface area contributed by atoms with Crippen molar-refractivity contribution in [3.8, 4) is 11.3 Å². The Bertz CT molecular complexity index is 1780. The number of alkyl halides is 2. The number of fused-ring (bicyclic) bond motifs is 1. The molecule has 44 heavy (non-hydrogen) atoms. The van der Waals surface area contributed by atoms with Gasteiger partial charge >= 0.3 is 6.55 Å². The van der Waals surface area contributed by atoms with Gasteiger partial charge in [-0.3, -0.25) is 24.8 Å². The summed E-state index contributed by atoms with van der Waals surface area (Å²) in [5.41, 5.74) is 0.643. The van der Waals surface area contributed by atoms with E-state index in [4.69, 9.17) is 11.6 Å². The Morgan fingerprint density at radius 2 is 1.95 bits per heavy atom. The van der Waals surface area contributed by atoms with E-state index in [1.807, 2.05) is 19.9 Å². The number of aromatic nitrogens is 3. The van der Waals surface area contributed by atoms with E-state index in [0.29, 0.717) is 58.1 Å². The van der Waals surface area contributed by atoms with Gasteiger partial charge in [-0.2, -0.15) is 13.9 Å². The Morgan fingerprint density at radius 1 is 1.16 bits per heavy atom. The third-order valence-electron chi connectivity index (χ3n) is 8.96. The van der Waals surface area contributed by atoms with Crippen LogP contribution in [0.5, 0.6) is 0 Å². The Labute approximate surface area is 256 Å². The van der Waals surface area contributed by atoms with Crippen molar-refractivity contribution in [2.75, 3.05) is 13.1 Å². The van der Waals surface area contributed by atoms with E-state index in [2.05, 4.69) is 20.3 Å². The summed E-state index contributed by atoms with van der Waals surface area (Å²) in [5, 5.41) is 18.9. The van der Waals surface area contributed by atoms with E-state index in [1.54, 1.807) is 30.3 Å². The minimum Gasteiger partial charge on any atom is -0.384 e. The number of benzene rings is 2. The molecule has 2 amide bonds. The molecule has 2 N–H and O–H groups in total. The number of aliphatic hydroxyl groups is 1. The van der Waals surface area contributed by atoms with Crippen LogP contribution in [-0.2, 0) is 21.7 Å². The number of nitrogens with one attached hydrogen (secondary N) is 1. The number of carbonyl (C=O) groups excluding carboxylic acids is 2. The zero-order valence-corrected chi connectivity index (χ0v) is 24.9. The smallest absolute Gasteiger partial charge is 0.333 e. The first kappa shape index (κ1) is 30.2. The molecule has 2 atom stereocenters. The highest BCUT2D eigenvalue weighted by Gasteiger charge is 2.50. The van der Waals surface area contributed by atoms with Gasteiger partial charge in [0.15, 0.2) is 0 Å². The second kappa shape index (κ2) is 11.3. The molecular weight excluding hydrogens is 595 g/mol. The van der Waals surface area contributed by atoms with Crippen LogP contribution in [0.1, 0.15) is 62.3 Å². The molecule has 2 aliphatic rings. The van der Waals surface area contributed by atoms with Gasteiger partial charge in [-0.15, -0.1) is 0 Å². The predicted molar refractivity (Wildman–Crippen MR) is 158 cm³/mol. The van der Waals surface area contributed by atoms with Crippen molar-refractivity contribution >= 4 is 34.3 Å². The van der Waals surface area contributed by atoms with Crippen molar-refractivity contribution in [2.45, 2.75) is 57.7 Å². The molecule has 8 nitrogen and oxygen atoms in total. The first-order chi connectivity index (χ1) is 20.9. The Morgan fingerprint density at radius 3 is 2.64 bits per heavy atom. The molecule has 2 aromatic carbocycles. The molecule has 2 aromatic heterocycles. The fraction of sp³-hybridized carbons (Fsp3) is 0.375. The molecule has 0 saturated carbocycles. The van der Waals surface area contributed by atoms with Crippen molar-refractivity contribution < 1.29 is 27.9 Å². The quantitative estimate of drug-likeness (QED) is 0.258. The minimum absolute atomic E-state index is 0.174. The van der Waals surface area contributed by atoms with Crippen LogP contribution in [0, 0.1) is 11.2 Å². The van der Waals surface area contributed by atoms with Gasteiger partial charge in [0.25, 0.3) is 0 Å². The lowest BCUT2D eigenvalue weighted by molar-refractivity contribution is -0.134. The van der Waals surface area contributed by atoms with E-state index >= 15 is 4.39 Å². The minimum atomic E-state index is -2.74. The van der Waals surface area contributed by atoms with Gasteiger partial charge in [-0.1, -0.05) is 43.6 Å². The number of amides is 2. The zero-order valence-electron chi connectivity index (χ0n) is 24.2. The van der Waals surface area contributed by atoms with Crippen LogP contribution in [0.2, 0.25) is 5.02 Å². The van der Waals surface area contributed by atoms with Gasteiger partial charge in [0.1, 0.15) is 5.82 Å². The molecule has 0 bridgehead atoms. The van der Waals surface area contributed by atoms with Gasteiger partial charge in [0.05, 0.1) is 27.8 Å². The normalized spacial score (nSPS) is 22.5. The lowest BCUT2D eigenvalue weighted by Crippen LogP contribution is -2.55. The summed E-state index contributed by atoms with van der Waals surface area (Å²) in [7, 11) is 0.